The van der Waals surface area contributed by atoms with E-state index in [9.17, 15) is 0 Å². The zero-order valence-corrected chi connectivity index (χ0v) is 12.5. The number of anilines is 1. The van der Waals surface area contributed by atoms with E-state index < -0.39 is 0 Å². The molecule has 1 aliphatic heterocycles. The Hall–Kier alpha value is -1.29. The number of ether oxygens (including phenoxy) is 2. The fourth-order valence-electron chi connectivity index (χ4n) is 2.73. The molecule has 19 heavy (non-hydrogen) atoms. The fraction of sp³-hybridized carbons (Fsp3) is 0.667. The summed E-state index contributed by atoms with van der Waals surface area (Å²) in [6.45, 7) is 11.1. The van der Waals surface area contributed by atoms with Gasteiger partial charge in [-0.3, -0.25) is 0 Å². The Balaban J connectivity index is 2.17. The summed E-state index contributed by atoms with van der Waals surface area (Å²) < 4.78 is 11.7. The summed E-state index contributed by atoms with van der Waals surface area (Å²) in [6, 6.07) is 4.16. The van der Waals surface area contributed by atoms with Gasteiger partial charge in [0.1, 0.15) is 0 Å². The summed E-state index contributed by atoms with van der Waals surface area (Å²) in [5.74, 6) is 0.658. The molecule has 106 valence electrons. The number of rotatable bonds is 4. The van der Waals surface area contributed by atoms with Crippen LogP contribution in [0.25, 0.3) is 0 Å². The lowest BCUT2D eigenvalue weighted by atomic mass is 9.94. The molecular formula is C15H24N2O2. The van der Waals surface area contributed by atoms with Crippen LogP contribution < -0.4 is 10.1 Å². The van der Waals surface area contributed by atoms with Crippen molar-refractivity contribution in [1.29, 1.82) is 0 Å². The van der Waals surface area contributed by atoms with Gasteiger partial charge in [-0.1, -0.05) is 0 Å². The van der Waals surface area contributed by atoms with E-state index in [2.05, 4.69) is 38.0 Å². The van der Waals surface area contributed by atoms with Crippen LogP contribution in [-0.4, -0.2) is 28.8 Å². The predicted octanol–water partition coefficient (Wildman–Crippen LogP) is 3.24. The SMILES string of the molecule is CCOc1ncccc1NC1CC(C)(C)OC1(C)C. The number of pyridine rings is 1. The maximum atomic E-state index is 6.10. The van der Waals surface area contributed by atoms with Crippen LogP contribution in [0, 0.1) is 0 Å². The molecule has 1 fully saturated rings. The van der Waals surface area contributed by atoms with Gasteiger partial charge < -0.3 is 14.8 Å². The normalized spacial score (nSPS) is 24.2. The van der Waals surface area contributed by atoms with Gasteiger partial charge in [-0.2, -0.15) is 0 Å². The molecule has 0 spiro atoms. The van der Waals surface area contributed by atoms with Gasteiger partial charge in [-0.25, -0.2) is 4.98 Å². The minimum absolute atomic E-state index is 0.102. The molecule has 1 unspecified atom stereocenters. The smallest absolute Gasteiger partial charge is 0.237 e. The number of hydrogen-bond acceptors (Lipinski definition) is 4. The molecule has 0 bridgehead atoms. The Labute approximate surface area is 115 Å². The molecule has 0 saturated carbocycles. The Kier molecular flexibility index (Phi) is 3.72. The molecular weight excluding hydrogens is 240 g/mol. The van der Waals surface area contributed by atoms with Crippen molar-refractivity contribution in [3.63, 3.8) is 0 Å². The molecule has 1 aromatic heterocycles. The number of nitrogens with one attached hydrogen (secondary N) is 1. The zero-order chi connectivity index (χ0) is 14.1. The van der Waals surface area contributed by atoms with E-state index in [1.807, 2.05) is 19.1 Å². The van der Waals surface area contributed by atoms with Crippen LogP contribution in [0.5, 0.6) is 5.88 Å². The number of aromatic nitrogens is 1. The Morgan fingerprint density at radius 3 is 2.74 bits per heavy atom. The molecule has 4 heteroatoms. The highest BCUT2D eigenvalue weighted by Crippen LogP contribution is 2.39. The third-order valence-electron chi connectivity index (χ3n) is 3.46. The summed E-state index contributed by atoms with van der Waals surface area (Å²) in [5.41, 5.74) is 0.626. The van der Waals surface area contributed by atoms with E-state index in [-0.39, 0.29) is 17.2 Å². The van der Waals surface area contributed by atoms with Crippen LogP contribution in [-0.2, 0) is 4.74 Å². The summed E-state index contributed by atoms with van der Waals surface area (Å²) in [7, 11) is 0. The lowest BCUT2D eigenvalue weighted by Crippen LogP contribution is -2.38. The second kappa shape index (κ2) is 5.00. The van der Waals surface area contributed by atoms with Gasteiger partial charge >= 0.3 is 0 Å². The predicted molar refractivity (Wildman–Crippen MR) is 76.7 cm³/mol. The molecule has 0 radical (unpaired) electrons. The van der Waals surface area contributed by atoms with Crippen molar-refractivity contribution >= 4 is 5.69 Å². The molecule has 4 nitrogen and oxygen atoms in total. The van der Waals surface area contributed by atoms with E-state index in [1.165, 1.54) is 0 Å². The van der Waals surface area contributed by atoms with Gasteiger partial charge in [0, 0.05) is 6.20 Å². The van der Waals surface area contributed by atoms with E-state index in [0.29, 0.717) is 12.5 Å². The average Bonchev–Trinajstić information content (AvgIpc) is 2.50. The third-order valence-corrected chi connectivity index (χ3v) is 3.46. The van der Waals surface area contributed by atoms with Crippen molar-refractivity contribution < 1.29 is 9.47 Å². The van der Waals surface area contributed by atoms with E-state index in [0.717, 1.165) is 12.1 Å². The molecule has 1 aromatic rings. The second-order valence-electron chi connectivity index (χ2n) is 6.16. The molecule has 0 aromatic carbocycles. The molecule has 0 amide bonds. The molecule has 1 atom stereocenters. The molecule has 1 N–H and O–H groups in total. The van der Waals surface area contributed by atoms with Crippen LogP contribution in [0.3, 0.4) is 0 Å². The maximum Gasteiger partial charge on any atom is 0.237 e. The number of hydrogen-bond donors (Lipinski definition) is 1. The van der Waals surface area contributed by atoms with Crippen molar-refractivity contribution in [1.82, 2.24) is 4.98 Å². The average molecular weight is 264 g/mol. The van der Waals surface area contributed by atoms with Gasteiger partial charge in [-0.05, 0) is 53.2 Å². The molecule has 1 aliphatic rings. The molecule has 1 saturated heterocycles. The Bertz CT molecular complexity index is 444. The van der Waals surface area contributed by atoms with Gasteiger partial charge in [0.15, 0.2) is 0 Å². The third kappa shape index (κ3) is 3.18. The fourth-order valence-corrected chi connectivity index (χ4v) is 2.73. The van der Waals surface area contributed by atoms with Crippen molar-refractivity contribution in [2.75, 3.05) is 11.9 Å². The quantitative estimate of drug-likeness (QED) is 0.906. The standard InChI is InChI=1S/C15H24N2O2/c1-6-18-13-11(8-7-9-16-13)17-12-10-14(2,3)19-15(12,4)5/h7-9,12,17H,6,10H2,1-5H3. The van der Waals surface area contributed by atoms with Crippen LogP contribution in [0.15, 0.2) is 18.3 Å². The van der Waals surface area contributed by atoms with Gasteiger partial charge in [0.05, 0.1) is 29.5 Å². The Morgan fingerprint density at radius 1 is 1.42 bits per heavy atom. The summed E-state index contributed by atoms with van der Waals surface area (Å²) in [6.07, 6.45) is 2.71. The van der Waals surface area contributed by atoms with Gasteiger partial charge in [0.2, 0.25) is 5.88 Å². The van der Waals surface area contributed by atoms with Crippen molar-refractivity contribution in [3.05, 3.63) is 18.3 Å². The van der Waals surface area contributed by atoms with Crippen LogP contribution in [0.1, 0.15) is 41.0 Å². The highest BCUT2D eigenvalue weighted by atomic mass is 16.5. The molecule has 0 aliphatic carbocycles. The lowest BCUT2D eigenvalue weighted by molar-refractivity contribution is -0.0662. The van der Waals surface area contributed by atoms with Crippen LogP contribution in [0.2, 0.25) is 0 Å². The molecule has 2 rings (SSSR count). The zero-order valence-electron chi connectivity index (χ0n) is 12.5. The van der Waals surface area contributed by atoms with Gasteiger partial charge in [-0.15, -0.1) is 0 Å². The number of nitrogens with zero attached hydrogens (tertiary/aromatic N) is 1. The highest BCUT2D eigenvalue weighted by Gasteiger charge is 2.46. The first kappa shape index (κ1) is 14.1. The minimum Gasteiger partial charge on any atom is -0.476 e. The van der Waals surface area contributed by atoms with Crippen molar-refractivity contribution in [2.24, 2.45) is 0 Å². The first-order valence-corrected chi connectivity index (χ1v) is 6.88. The topological polar surface area (TPSA) is 43.4 Å². The molecule has 2 heterocycles. The summed E-state index contributed by atoms with van der Waals surface area (Å²) >= 11 is 0. The minimum atomic E-state index is -0.206. The maximum absolute atomic E-state index is 6.10. The van der Waals surface area contributed by atoms with E-state index in [4.69, 9.17) is 9.47 Å². The van der Waals surface area contributed by atoms with Crippen LogP contribution >= 0.6 is 0 Å². The first-order valence-electron chi connectivity index (χ1n) is 6.88. The van der Waals surface area contributed by atoms with E-state index in [1.54, 1.807) is 6.20 Å². The van der Waals surface area contributed by atoms with E-state index >= 15 is 0 Å². The van der Waals surface area contributed by atoms with Gasteiger partial charge in [0.25, 0.3) is 0 Å². The first-order chi connectivity index (χ1) is 8.84. The lowest BCUT2D eigenvalue weighted by Gasteiger charge is -2.28. The second-order valence-corrected chi connectivity index (χ2v) is 6.16. The van der Waals surface area contributed by atoms with Crippen molar-refractivity contribution in [2.45, 2.75) is 58.3 Å². The largest absolute Gasteiger partial charge is 0.476 e. The summed E-state index contributed by atoms with van der Waals surface area (Å²) in [4.78, 5) is 4.27. The highest BCUT2D eigenvalue weighted by molar-refractivity contribution is 5.53. The Morgan fingerprint density at radius 2 is 2.16 bits per heavy atom. The monoisotopic (exact) mass is 264 g/mol. The van der Waals surface area contributed by atoms with Crippen molar-refractivity contribution in [3.8, 4) is 5.88 Å². The summed E-state index contributed by atoms with van der Waals surface area (Å²) in [5, 5.41) is 3.53. The van der Waals surface area contributed by atoms with Crippen LogP contribution in [0.4, 0.5) is 5.69 Å².